The molecule has 1 aliphatic rings. The van der Waals surface area contributed by atoms with Crippen molar-refractivity contribution >= 4 is 16.8 Å². The molecule has 0 aliphatic carbocycles. The van der Waals surface area contributed by atoms with E-state index in [0.29, 0.717) is 18.8 Å². The average Bonchev–Trinajstić information content (AvgIpc) is 3.21. The van der Waals surface area contributed by atoms with Crippen molar-refractivity contribution in [1.82, 2.24) is 19.4 Å². The molecule has 3 aromatic rings. The van der Waals surface area contributed by atoms with Crippen LogP contribution in [0.15, 0.2) is 49.1 Å². The molecule has 2 atom stereocenters. The SMILES string of the molecule is Cn1cncc1C(=O)N1C[C@@H](Cc2ccnc3ccccc23)[C@@H](O)C1. The summed E-state index contributed by atoms with van der Waals surface area (Å²) < 4.78 is 1.71. The monoisotopic (exact) mass is 336 g/mol. The first-order valence-electron chi connectivity index (χ1n) is 8.40. The summed E-state index contributed by atoms with van der Waals surface area (Å²) in [5.41, 5.74) is 2.65. The minimum Gasteiger partial charge on any atom is -0.391 e. The number of aryl methyl sites for hydroxylation is 1. The lowest BCUT2D eigenvalue weighted by Crippen LogP contribution is -2.30. The van der Waals surface area contributed by atoms with E-state index in [-0.39, 0.29) is 11.8 Å². The normalized spacial score (nSPS) is 20.3. The molecule has 1 saturated heterocycles. The van der Waals surface area contributed by atoms with Crippen LogP contribution in [0.25, 0.3) is 10.9 Å². The molecule has 3 heterocycles. The molecule has 0 unspecified atom stereocenters. The highest BCUT2D eigenvalue weighted by atomic mass is 16.3. The van der Waals surface area contributed by atoms with E-state index < -0.39 is 6.10 Å². The van der Waals surface area contributed by atoms with E-state index in [1.807, 2.05) is 24.3 Å². The van der Waals surface area contributed by atoms with Gasteiger partial charge in [0.05, 0.1) is 24.1 Å². The van der Waals surface area contributed by atoms with Gasteiger partial charge in [-0.2, -0.15) is 0 Å². The van der Waals surface area contributed by atoms with Crippen LogP contribution in [0, 0.1) is 5.92 Å². The summed E-state index contributed by atoms with van der Waals surface area (Å²) >= 11 is 0. The van der Waals surface area contributed by atoms with Crippen molar-refractivity contribution in [2.75, 3.05) is 13.1 Å². The van der Waals surface area contributed by atoms with E-state index >= 15 is 0 Å². The number of likely N-dealkylation sites (tertiary alicyclic amines) is 1. The van der Waals surface area contributed by atoms with Crippen LogP contribution in [-0.2, 0) is 13.5 Å². The molecule has 1 aromatic carbocycles. The predicted molar refractivity (Wildman–Crippen MR) is 94.1 cm³/mol. The number of benzene rings is 1. The van der Waals surface area contributed by atoms with Crippen molar-refractivity contribution in [3.05, 3.63) is 60.3 Å². The summed E-state index contributed by atoms with van der Waals surface area (Å²) in [5, 5.41) is 11.6. The van der Waals surface area contributed by atoms with Crippen molar-refractivity contribution in [3.63, 3.8) is 0 Å². The number of rotatable bonds is 3. The number of β-amino-alcohol motifs (C(OH)–C–C–N with tert-alkyl or cyclic N) is 1. The smallest absolute Gasteiger partial charge is 0.272 e. The van der Waals surface area contributed by atoms with Crippen LogP contribution >= 0.6 is 0 Å². The molecule has 0 bridgehead atoms. The molecule has 0 saturated carbocycles. The lowest BCUT2D eigenvalue weighted by Gasteiger charge is -2.16. The summed E-state index contributed by atoms with van der Waals surface area (Å²) in [4.78, 5) is 22.7. The Morgan fingerprint density at radius 3 is 2.92 bits per heavy atom. The minimum atomic E-state index is -0.524. The van der Waals surface area contributed by atoms with E-state index in [0.717, 1.165) is 22.9 Å². The van der Waals surface area contributed by atoms with E-state index in [4.69, 9.17) is 0 Å². The van der Waals surface area contributed by atoms with Crippen LogP contribution in [0.3, 0.4) is 0 Å². The van der Waals surface area contributed by atoms with E-state index in [2.05, 4.69) is 16.0 Å². The lowest BCUT2D eigenvalue weighted by atomic mass is 9.94. The number of carbonyl (C=O) groups excluding carboxylic acids is 1. The molecule has 1 amide bonds. The third-order valence-corrected chi connectivity index (χ3v) is 4.95. The molecule has 6 nitrogen and oxygen atoms in total. The molecule has 0 radical (unpaired) electrons. The van der Waals surface area contributed by atoms with Crippen LogP contribution < -0.4 is 0 Å². The maximum Gasteiger partial charge on any atom is 0.272 e. The van der Waals surface area contributed by atoms with Crippen LogP contribution in [0.2, 0.25) is 0 Å². The van der Waals surface area contributed by atoms with Gasteiger partial charge in [-0.3, -0.25) is 9.78 Å². The van der Waals surface area contributed by atoms with Crippen molar-refractivity contribution < 1.29 is 9.90 Å². The number of amides is 1. The fourth-order valence-electron chi connectivity index (χ4n) is 3.56. The second-order valence-electron chi connectivity index (χ2n) is 6.62. The fraction of sp³-hybridized carbons (Fsp3) is 0.316. The third kappa shape index (κ3) is 2.89. The maximum atomic E-state index is 12.6. The summed E-state index contributed by atoms with van der Waals surface area (Å²) in [6, 6.07) is 10.0. The number of aliphatic hydroxyl groups is 1. The Balaban J connectivity index is 1.54. The van der Waals surface area contributed by atoms with Crippen molar-refractivity contribution in [2.24, 2.45) is 13.0 Å². The van der Waals surface area contributed by atoms with E-state index in [1.54, 1.807) is 35.2 Å². The van der Waals surface area contributed by atoms with Gasteiger partial charge >= 0.3 is 0 Å². The number of hydrogen-bond donors (Lipinski definition) is 1. The molecule has 6 heteroatoms. The first-order valence-corrected chi connectivity index (χ1v) is 8.40. The van der Waals surface area contributed by atoms with Gasteiger partial charge in [-0.1, -0.05) is 18.2 Å². The van der Waals surface area contributed by atoms with Crippen LogP contribution in [0.5, 0.6) is 0 Å². The van der Waals surface area contributed by atoms with Crippen LogP contribution in [-0.4, -0.2) is 49.6 Å². The van der Waals surface area contributed by atoms with Crippen LogP contribution in [0.4, 0.5) is 0 Å². The first-order chi connectivity index (χ1) is 12.1. The Labute approximate surface area is 145 Å². The minimum absolute atomic E-state index is 0.0167. The van der Waals surface area contributed by atoms with Gasteiger partial charge in [-0.25, -0.2) is 4.98 Å². The number of nitrogens with zero attached hydrogens (tertiary/aromatic N) is 4. The van der Waals surface area contributed by atoms with Gasteiger partial charge in [-0.15, -0.1) is 0 Å². The molecular weight excluding hydrogens is 316 g/mol. The molecule has 1 fully saturated rings. The number of aromatic nitrogens is 3. The zero-order valence-corrected chi connectivity index (χ0v) is 14.0. The number of aliphatic hydroxyl groups excluding tert-OH is 1. The molecule has 25 heavy (non-hydrogen) atoms. The number of para-hydroxylation sites is 1. The van der Waals surface area contributed by atoms with Crippen molar-refractivity contribution in [1.29, 1.82) is 0 Å². The van der Waals surface area contributed by atoms with Gasteiger partial charge in [0.15, 0.2) is 0 Å². The van der Waals surface area contributed by atoms with Crippen molar-refractivity contribution in [2.45, 2.75) is 12.5 Å². The van der Waals surface area contributed by atoms with E-state index in [1.165, 1.54) is 0 Å². The Hall–Kier alpha value is -2.73. The number of fused-ring (bicyclic) bond motifs is 1. The Bertz CT molecular complexity index is 915. The Morgan fingerprint density at radius 1 is 1.28 bits per heavy atom. The highest BCUT2D eigenvalue weighted by Gasteiger charge is 2.35. The molecule has 1 aliphatic heterocycles. The maximum absolute atomic E-state index is 12.6. The summed E-state index contributed by atoms with van der Waals surface area (Å²) in [5.74, 6) is -0.0656. The second kappa shape index (κ2) is 6.29. The number of imidazole rings is 1. The standard InChI is InChI=1S/C19H20N4O2/c1-22-12-20-9-17(22)19(25)23-10-14(18(24)11-23)8-13-6-7-21-16-5-3-2-4-15(13)16/h2-7,9,12,14,18,24H,8,10-11H2,1H3/t14-,18+/m1/s1. The van der Waals surface area contributed by atoms with Gasteiger partial charge in [0.2, 0.25) is 0 Å². The van der Waals surface area contributed by atoms with Gasteiger partial charge in [0.25, 0.3) is 5.91 Å². The summed E-state index contributed by atoms with van der Waals surface area (Å²) in [7, 11) is 1.80. The largest absolute Gasteiger partial charge is 0.391 e. The molecule has 4 rings (SSSR count). The Morgan fingerprint density at radius 2 is 2.12 bits per heavy atom. The molecule has 0 spiro atoms. The zero-order valence-electron chi connectivity index (χ0n) is 14.0. The molecule has 2 aromatic heterocycles. The lowest BCUT2D eigenvalue weighted by molar-refractivity contribution is 0.0755. The third-order valence-electron chi connectivity index (χ3n) is 4.95. The first kappa shape index (κ1) is 15.8. The number of pyridine rings is 1. The van der Waals surface area contributed by atoms with E-state index in [9.17, 15) is 9.90 Å². The predicted octanol–water partition coefficient (Wildman–Crippen LogP) is 1.64. The molecular formula is C19H20N4O2. The Kier molecular flexibility index (Phi) is 3.97. The van der Waals surface area contributed by atoms with Gasteiger partial charge in [0, 0.05) is 37.6 Å². The van der Waals surface area contributed by atoms with Gasteiger partial charge in [0.1, 0.15) is 5.69 Å². The second-order valence-corrected chi connectivity index (χ2v) is 6.62. The topological polar surface area (TPSA) is 71.2 Å². The highest BCUT2D eigenvalue weighted by molar-refractivity contribution is 5.92. The zero-order chi connectivity index (χ0) is 17.4. The van der Waals surface area contributed by atoms with Gasteiger partial charge in [-0.05, 0) is 24.1 Å². The quantitative estimate of drug-likeness (QED) is 0.789. The van der Waals surface area contributed by atoms with Crippen molar-refractivity contribution in [3.8, 4) is 0 Å². The number of carbonyl (C=O) groups is 1. The summed E-state index contributed by atoms with van der Waals surface area (Å²) in [6.45, 7) is 0.902. The van der Waals surface area contributed by atoms with Gasteiger partial charge < -0.3 is 14.6 Å². The average molecular weight is 336 g/mol. The molecule has 1 N–H and O–H groups in total. The van der Waals surface area contributed by atoms with Crippen LogP contribution in [0.1, 0.15) is 16.1 Å². The molecule has 128 valence electrons. The fourth-order valence-corrected chi connectivity index (χ4v) is 3.56. The highest BCUT2D eigenvalue weighted by Crippen LogP contribution is 2.26. The number of hydrogen-bond acceptors (Lipinski definition) is 4. The summed E-state index contributed by atoms with van der Waals surface area (Å²) in [6.07, 6.45) is 5.18.